The molecule has 4 atom stereocenters. The van der Waals surface area contributed by atoms with Crippen molar-refractivity contribution >= 4 is 0 Å². The first kappa shape index (κ1) is 16.3. The van der Waals surface area contributed by atoms with Gasteiger partial charge in [0.05, 0.1) is 0 Å². The van der Waals surface area contributed by atoms with E-state index < -0.39 is 0 Å². The molecule has 0 radical (unpaired) electrons. The monoisotopic (exact) mass is 279 g/mol. The van der Waals surface area contributed by atoms with Gasteiger partial charge in [0.25, 0.3) is 0 Å². The maximum atomic E-state index is 3.83. The van der Waals surface area contributed by atoms with E-state index in [0.29, 0.717) is 0 Å². The first-order valence-electron chi connectivity index (χ1n) is 9.44. The van der Waals surface area contributed by atoms with Gasteiger partial charge in [-0.15, -0.1) is 0 Å². The van der Waals surface area contributed by atoms with Crippen molar-refractivity contribution in [3.63, 3.8) is 0 Å². The molecule has 0 spiro atoms. The van der Waals surface area contributed by atoms with E-state index >= 15 is 0 Å². The van der Waals surface area contributed by atoms with Crippen LogP contribution in [0.2, 0.25) is 0 Å². The average Bonchev–Trinajstić information content (AvgIpc) is 2.47. The Morgan fingerprint density at radius 2 is 1.70 bits per heavy atom. The SMILES string of the molecule is CCNC(CCC1CCCCC1)C1CCC(C)C(C)C1. The summed E-state index contributed by atoms with van der Waals surface area (Å²) < 4.78 is 0. The minimum Gasteiger partial charge on any atom is -0.314 e. The van der Waals surface area contributed by atoms with Crippen molar-refractivity contribution in [1.29, 1.82) is 0 Å². The number of hydrogen-bond acceptors (Lipinski definition) is 1. The summed E-state index contributed by atoms with van der Waals surface area (Å²) >= 11 is 0. The first-order chi connectivity index (χ1) is 9.70. The second-order valence-corrected chi connectivity index (χ2v) is 7.77. The zero-order chi connectivity index (χ0) is 14.4. The van der Waals surface area contributed by atoms with Gasteiger partial charge in [0, 0.05) is 6.04 Å². The molecule has 1 heteroatoms. The lowest BCUT2D eigenvalue weighted by atomic mass is 9.72. The van der Waals surface area contributed by atoms with E-state index in [1.165, 1.54) is 64.2 Å². The molecule has 4 unspecified atom stereocenters. The van der Waals surface area contributed by atoms with E-state index in [1.54, 1.807) is 0 Å². The number of rotatable bonds is 6. The molecule has 0 saturated heterocycles. The lowest BCUT2D eigenvalue weighted by molar-refractivity contribution is 0.160. The van der Waals surface area contributed by atoms with Gasteiger partial charge < -0.3 is 5.32 Å². The van der Waals surface area contributed by atoms with Crippen LogP contribution in [0.3, 0.4) is 0 Å². The van der Waals surface area contributed by atoms with Crippen molar-refractivity contribution in [2.45, 2.75) is 91.0 Å². The van der Waals surface area contributed by atoms with E-state index in [-0.39, 0.29) is 0 Å². The zero-order valence-electron chi connectivity index (χ0n) is 14.2. The number of hydrogen-bond donors (Lipinski definition) is 1. The second-order valence-electron chi connectivity index (χ2n) is 7.77. The van der Waals surface area contributed by atoms with Gasteiger partial charge in [0.1, 0.15) is 0 Å². The Morgan fingerprint density at radius 3 is 2.35 bits per heavy atom. The molecule has 2 aliphatic rings. The smallest absolute Gasteiger partial charge is 0.00954 e. The van der Waals surface area contributed by atoms with Gasteiger partial charge in [-0.05, 0) is 55.9 Å². The maximum absolute atomic E-state index is 3.83. The molecule has 0 bridgehead atoms. The van der Waals surface area contributed by atoms with Gasteiger partial charge in [0.2, 0.25) is 0 Å². The Kier molecular flexibility index (Phi) is 6.87. The molecular weight excluding hydrogens is 242 g/mol. The van der Waals surface area contributed by atoms with Crippen molar-refractivity contribution in [1.82, 2.24) is 5.32 Å². The molecule has 0 aromatic carbocycles. The van der Waals surface area contributed by atoms with Crippen LogP contribution in [-0.4, -0.2) is 12.6 Å². The zero-order valence-corrected chi connectivity index (χ0v) is 14.2. The number of nitrogens with one attached hydrogen (secondary N) is 1. The molecule has 0 aliphatic heterocycles. The summed E-state index contributed by atoms with van der Waals surface area (Å²) in [6.45, 7) is 8.35. The lowest BCUT2D eigenvalue weighted by Gasteiger charge is -2.38. The Balaban J connectivity index is 1.79. The normalized spacial score (nSPS) is 34.0. The molecule has 118 valence electrons. The standard InChI is InChI=1S/C19H37N/c1-4-20-19(13-11-17-8-6-5-7-9-17)18-12-10-15(2)16(3)14-18/h15-20H,4-14H2,1-3H3. The highest BCUT2D eigenvalue weighted by Gasteiger charge is 2.30. The van der Waals surface area contributed by atoms with Crippen LogP contribution in [-0.2, 0) is 0 Å². The van der Waals surface area contributed by atoms with Crippen LogP contribution in [0.15, 0.2) is 0 Å². The van der Waals surface area contributed by atoms with Crippen molar-refractivity contribution < 1.29 is 0 Å². The quantitative estimate of drug-likeness (QED) is 0.686. The van der Waals surface area contributed by atoms with Crippen LogP contribution in [0, 0.1) is 23.7 Å². The fourth-order valence-corrected chi connectivity index (χ4v) is 4.61. The summed E-state index contributed by atoms with van der Waals surface area (Å²) in [5.41, 5.74) is 0. The van der Waals surface area contributed by atoms with Crippen LogP contribution in [0.1, 0.15) is 85.0 Å². The summed E-state index contributed by atoms with van der Waals surface area (Å²) in [7, 11) is 0. The van der Waals surface area contributed by atoms with Crippen molar-refractivity contribution in [2.24, 2.45) is 23.7 Å². The minimum atomic E-state index is 0.803. The Bertz CT molecular complexity index is 256. The van der Waals surface area contributed by atoms with Crippen LogP contribution in [0.25, 0.3) is 0 Å². The van der Waals surface area contributed by atoms with E-state index in [2.05, 4.69) is 26.1 Å². The first-order valence-corrected chi connectivity index (χ1v) is 9.44. The molecule has 20 heavy (non-hydrogen) atoms. The van der Waals surface area contributed by atoms with Gasteiger partial charge in [0.15, 0.2) is 0 Å². The third kappa shape index (κ3) is 4.76. The van der Waals surface area contributed by atoms with Crippen molar-refractivity contribution in [3.05, 3.63) is 0 Å². The van der Waals surface area contributed by atoms with E-state index in [1.807, 2.05) is 0 Å². The van der Waals surface area contributed by atoms with Gasteiger partial charge >= 0.3 is 0 Å². The molecular formula is C19H37N. The highest BCUT2D eigenvalue weighted by atomic mass is 14.9. The fourth-order valence-electron chi connectivity index (χ4n) is 4.61. The Labute approximate surface area is 127 Å². The highest BCUT2D eigenvalue weighted by Crippen LogP contribution is 2.37. The van der Waals surface area contributed by atoms with Gasteiger partial charge in [-0.25, -0.2) is 0 Å². The molecule has 2 fully saturated rings. The van der Waals surface area contributed by atoms with Gasteiger partial charge in [-0.2, -0.15) is 0 Å². The van der Waals surface area contributed by atoms with Gasteiger partial charge in [-0.3, -0.25) is 0 Å². The predicted octanol–water partition coefficient (Wildman–Crippen LogP) is 5.40. The topological polar surface area (TPSA) is 12.0 Å². The molecule has 2 saturated carbocycles. The van der Waals surface area contributed by atoms with E-state index in [4.69, 9.17) is 0 Å². The average molecular weight is 280 g/mol. The summed E-state index contributed by atoms with van der Waals surface area (Å²) in [4.78, 5) is 0. The molecule has 2 rings (SSSR count). The molecule has 2 aliphatic carbocycles. The van der Waals surface area contributed by atoms with Crippen molar-refractivity contribution in [2.75, 3.05) is 6.54 Å². The van der Waals surface area contributed by atoms with Crippen LogP contribution >= 0.6 is 0 Å². The maximum Gasteiger partial charge on any atom is 0.00954 e. The molecule has 0 aromatic rings. The molecule has 1 N–H and O–H groups in total. The summed E-state index contributed by atoms with van der Waals surface area (Å²) in [6.07, 6.45) is 14.8. The van der Waals surface area contributed by atoms with E-state index in [0.717, 1.165) is 36.3 Å². The fraction of sp³-hybridized carbons (Fsp3) is 1.00. The third-order valence-corrected chi connectivity index (χ3v) is 6.28. The Morgan fingerprint density at radius 1 is 0.950 bits per heavy atom. The third-order valence-electron chi connectivity index (χ3n) is 6.28. The Hall–Kier alpha value is -0.0400. The minimum absolute atomic E-state index is 0.803. The molecule has 1 nitrogen and oxygen atoms in total. The summed E-state index contributed by atoms with van der Waals surface area (Å²) in [6, 6.07) is 0.803. The largest absolute Gasteiger partial charge is 0.314 e. The highest BCUT2D eigenvalue weighted by molar-refractivity contribution is 4.84. The van der Waals surface area contributed by atoms with Crippen molar-refractivity contribution in [3.8, 4) is 0 Å². The molecule has 0 aromatic heterocycles. The summed E-state index contributed by atoms with van der Waals surface area (Å²) in [5, 5.41) is 3.83. The second kappa shape index (κ2) is 8.41. The molecule has 0 amide bonds. The lowest BCUT2D eigenvalue weighted by Crippen LogP contribution is -2.40. The summed E-state index contributed by atoms with van der Waals surface area (Å²) in [5.74, 6) is 3.88. The predicted molar refractivity (Wildman–Crippen MR) is 88.9 cm³/mol. The van der Waals surface area contributed by atoms with Crippen LogP contribution < -0.4 is 5.32 Å². The van der Waals surface area contributed by atoms with Crippen LogP contribution in [0.4, 0.5) is 0 Å². The van der Waals surface area contributed by atoms with E-state index in [9.17, 15) is 0 Å². The van der Waals surface area contributed by atoms with Crippen LogP contribution in [0.5, 0.6) is 0 Å². The van der Waals surface area contributed by atoms with Gasteiger partial charge in [-0.1, -0.05) is 59.3 Å². The molecule has 0 heterocycles.